The van der Waals surface area contributed by atoms with E-state index in [1.807, 2.05) is 55.5 Å². The predicted molar refractivity (Wildman–Crippen MR) is 118 cm³/mol. The van der Waals surface area contributed by atoms with Crippen LogP contribution in [0.15, 0.2) is 71.1 Å². The molecule has 2 aromatic carbocycles. The minimum Gasteiger partial charge on any atom is -0.490 e. The number of nitrogens with zero attached hydrogens (tertiary/aromatic N) is 2. The highest BCUT2D eigenvalue weighted by atomic mass is 32.2. The second kappa shape index (κ2) is 9.42. The first-order chi connectivity index (χ1) is 13.7. The van der Waals surface area contributed by atoms with Gasteiger partial charge in [0.2, 0.25) is 0 Å². The number of likely N-dealkylation sites (N-methyl/N-ethyl adjacent to an activating group) is 1. The molecule has 0 radical (unpaired) electrons. The van der Waals surface area contributed by atoms with Gasteiger partial charge in [0.25, 0.3) is 5.91 Å². The van der Waals surface area contributed by atoms with Gasteiger partial charge in [0, 0.05) is 6.54 Å². The summed E-state index contributed by atoms with van der Waals surface area (Å²) in [6.07, 6.45) is 4.52. The normalized spacial score (nSPS) is 16.8. The summed E-state index contributed by atoms with van der Waals surface area (Å²) in [6, 6.07) is 15.7. The Balaban J connectivity index is 1.85. The van der Waals surface area contributed by atoms with Crippen LogP contribution in [0, 0.1) is 0 Å². The van der Waals surface area contributed by atoms with Crippen LogP contribution < -0.4 is 4.74 Å². The third-order valence-electron chi connectivity index (χ3n) is 4.34. The molecule has 0 saturated carbocycles. The van der Waals surface area contributed by atoms with Gasteiger partial charge >= 0.3 is 0 Å². The maximum Gasteiger partial charge on any atom is 0.266 e. The molecule has 1 heterocycles. The molecule has 28 heavy (non-hydrogen) atoms. The van der Waals surface area contributed by atoms with Crippen LogP contribution in [0.1, 0.15) is 25.0 Å². The Bertz CT molecular complexity index is 916. The molecule has 1 aliphatic heterocycles. The number of rotatable bonds is 7. The minimum absolute atomic E-state index is 0.00721. The van der Waals surface area contributed by atoms with Gasteiger partial charge in [-0.3, -0.25) is 9.69 Å². The molecule has 0 unspecified atom stereocenters. The van der Waals surface area contributed by atoms with Crippen molar-refractivity contribution in [1.82, 2.24) is 4.90 Å². The van der Waals surface area contributed by atoms with Crippen LogP contribution in [0.25, 0.3) is 6.08 Å². The lowest BCUT2D eigenvalue weighted by atomic mass is 10.1. The van der Waals surface area contributed by atoms with Crippen molar-refractivity contribution >= 4 is 34.6 Å². The number of thioether (sulfide) groups is 1. The number of ether oxygens (including phenoxy) is 1. The van der Waals surface area contributed by atoms with Gasteiger partial charge in [0.05, 0.1) is 10.6 Å². The first kappa shape index (κ1) is 20.0. The SMILES string of the molecule is C=CCOc1ccc(/C=C2/SC(=Nc3ccccc3CC)N(CC)C2=O)cc1. The Labute approximate surface area is 170 Å². The van der Waals surface area contributed by atoms with Crippen molar-refractivity contribution in [3.05, 3.63) is 77.2 Å². The number of aliphatic imine (C=N–C) groups is 1. The van der Waals surface area contributed by atoms with Gasteiger partial charge < -0.3 is 4.74 Å². The molecule has 5 heteroatoms. The molecule has 0 aromatic heterocycles. The topological polar surface area (TPSA) is 41.9 Å². The van der Waals surface area contributed by atoms with Crippen LogP contribution in [0.5, 0.6) is 5.75 Å². The average Bonchev–Trinajstić information content (AvgIpc) is 3.02. The number of carbonyl (C=O) groups excluding carboxylic acids is 1. The molecule has 1 aliphatic rings. The monoisotopic (exact) mass is 392 g/mol. The highest BCUT2D eigenvalue weighted by Crippen LogP contribution is 2.34. The van der Waals surface area contributed by atoms with Gasteiger partial charge in [-0.05, 0) is 60.5 Å². The summed E-state index contributed by atoms with van der Waals surface area (Å²) < 4.78 is 5.50. The zero-order valence-corrected chi connectivity index (χ0v) is 17.0. The lowest BCUT2D eigenvalue weighted by Crippen LogP contribution is -2.28. The van der Waals surface area contributed by atoms with Gasteiger partial charge in [-0.25, -0.2) is 4.99 Å². The molecule has 4 nitrogen and oxygen atoms in total. The lowest BCUT2D eigenvalue weighted by molar-refractivity contribution is -0.122. The van der Waals surface area contributed by atoms with E-state index in [9.17, 15) is 4.79 Å². The molecular formula is C23H24N2O2S. The summed E-state index contributed by atoms with van der Waals surface area (Å²) in [4.78, 5) is 20.0. The fraction of sp³-hybridized carbons (Fsp3) is 0.217. The number of amidine groups is 1. The van der Waals surface area contributed by atoms with Crippen molar-refractivity contribution in [3.8, 4) is 5.75 Å². The van der Waals surface area contributed by atoms with E-state index in [1.54, 1.807) is 11.0 Å². The van der Waals surface area contributed by atoms with Crippen LogP contribution in [0.3, 0.4) is 0 Å². The Morgan fingerprint density at radius 3 is 2.57 bits per heavy atom. The summed E-state index contributed by atoms with van der Waals surface area (Å²) in [7, 11) is 0. The van der Waals surface area contributed by atoms with E-state index in [2.05, 4.69) is 19.6 Å². The Morgan fingerprint density at radius 1 is 1.14 bits per heavy atom. The van der Waals surface area contributed by atoms with Gasteiger partial charge in [0.15, 0.2) is 5.17 Å². The molecule has 0 bridgehead atoms. The third kappa shape index (κ3) is 4.54. The predicted octanol–water partition coefficient (Wildman–Crippen LogP) is 5.44. The molecule has 1 saturated heterocycles. The zero-order chi connectivity index (χ0) is 19.9. The fourth-order valence-corrected chi connectivity index (χ4v) is 3.91. The number of hydrogen-bond acceptors (Lipinski definition) is 4. The number of para-hydroxylation sites is 1. The van der Waals surface area contributed by atoms with E-state index in [0.29, 0.717) is 18.1 Å². The van der Waals surface area contributed by atoms with Gasteiger partial charge in [0.1, 0.15) is 12.4 Å². The first-order valence-corrected chi connectivity index (χ1v) is 10.2. The van der Waals surface area contributed by atoms with Crippen molar-refractivity contribution in [2.24, 2.45) is 4.99 Å². The molecule has 3 rings (SSSR count). The third-order valence-corrected chi connectivity index (χ3v) is 5.35. The molecule has 0 aliphatic carbocycles. The summed E-state index contributed by atoms with van der Waals surface area (Å²) >= 11 is 1.42. The number of aryl methyl sites for hydroxylation is 1. The number of hydrogen-bond donors (Lipinski definition) is 0. The Hall–Kier alpha value is -2.79. The first-order valence-electron chi connectivity index (χ1n) is 9.38. The molecule has 0 spiro atoms. The molecule has 2 aromatic rings. The van der Waals surface area contributed by atoms with Gasteiger partial charge in [-0.2, -0.15) is 0 Å². The second-order valence-corrected chi connectivity index (χ2v) is 7.21. The van der Waals surface area contributed by atoms with Crippen LogP contribution in [0.4, 0.5) is 5.69 Å². The van der Waals surface area contributed by atoms with E-state index in [-0.39, 0.29) is 5.91 Å². The summed E-state index contributed by atoms with van der Waals surface area (Å²) in [5.41, 5.74) is 3.04. The van der Waals surface area contributed by atoms with Crippen molar-refractivity contribution < 1.29 is 9.53 Å². The highest BCUT2D eigenvalue weighted by Gasteiger charge is 2.32. The Kier molecular flexibility index (Phi) is 6.71. The fourth-order valence-electron chi connectivity index (χ4n) is 2.86. The number of carbonyl (C=O) groups is 1. The number of amides is 1. The maximum absolute atomic E-state index is 12.8. The van der Waals surface area contributed by atoms with E-state index < -0.39 is 0 Å². The standard InChI is InChI=1S/C23H24N2O2S/c1-4-15-27-19-13-11-17(12-14-19)16-21-22(26)25(6-3)23(28-21)24-20-10-8-7-9-18(20)5-2/h4,7-14,16H,1,5-6,15H2,2-3H3/b21-16+,24-23?. The van der Waals surface area contributed by atoms with E-state index in [4.69, 9.17) is 9.73 Å². The summed E-state index contributed by atoms with van der Waals surface area (Å²) in [6.45, 7) is 8.78. The quantitative estimate of drug-likeness (QED) is 0.465. The van der Waals surface area contributed by atoms with Crippen molar-refractivity contribution in [2.75, 3.05) is 13.2 Å². The van der Waals surface area contributed by atoms with Crippen LogP contribution >= 0.6 is 11.8 Å². The maximum atomic E-state index is 12.8. The van der Waals surface area contributed by atoms with Crippen LogP contribution in [-0.4, -0.2) is 29.1 Å². The molecule has 0 N–H and O–H groups in total. The second-order valence-electron chi connectivity index (χ2n) is 6.21. The zero-order valence-electron chi connectivity index (χ0n) is 16.2. The molecule has 0 atom stereocenters. The van der Waals surface area contributed by atoms with Crippen molar-refractivity contribution in [2.45, 2.75) is 20.3 Å². The molecule has 144 valence electrons. The van der Waals surface area contributed by atoms with E-state index in [1.165, 1.54) is 17.3 Å². The van der Waals surface area contributed by atoms with Crippen LogP contribution in [-0.2, 0) is 11.2 Å². The smallest absolute Gasteiger partial charge is 0.266 e. The molecular weight excluding hydrogens is 368 g/mol. The summed E-state index contributed by atoms with van der Waals surface area (Å²) in [5.74, 6) is 0.772. The van der Waals surface area contributed by atoms with E-state index >= 15 is 0 Å². The van der Waals surface area contributed by atoms with Crippen molar-refractivity contribution in [1.29, 1.82) is 0 Å². The molecule has 1 fully saturated rings. The lowest BCUT2D eigenvalue weighted by Gasteiger charge is -2.12. The molecule has 1 amide bonds. The summed E-state index contributed by atoms with van der Waals surface area (Å²) in [5, 5.41) is 0.727. The van der Waals surface area contributed by atoms with Crippen LogP contribution in [0.2, 0.25) is 0 Å². The van der Waals surface area contributed by atoms with Gasteiger partial charge in [-0.15, -0.1) is 0 Å². The number of benzene rings is 2. The van der Waals surface area contributed by atoms with Crippen molar-refractivity contribution in [3.63, 3.8) is 0 Å². The minimum atomic E-state index is -0.00721. The van der Waals surface area contributed by atoms with E-state index in [0.717, 1.165) is 28.6 Å². The largest absolute Gasteiger partial charge is 0.490 e. The Morgan fingerprint density at radius 2 is 1.89 bits per heavy atom. The highest BCUT2D eigenvalue weighted by molar-refractivity contribution is 8.18. The average molecular weight is 393 g/mol. The van der Waals surface area contributed by atoms with Gasteiger partial charge in [-0.1, -0.05) is 49.9 Å².